The summed E-state index contributed by atoms with van der Waals surface area (Å²) in [7, 11) is 0. The lowest BCUT2D eigenvalue weighted by atomic mass is 9.87. The Labute approximate surface area is 161 Å². The van der Waals surface area contributed by atoms with Crippen molar-refractivity contribution in [3.05, 3.63) is 46.1 Å². The first kappa shape index (κ1) is 17.5. The van der Waals surface area contributed by atoms with Crippen molar-refractivity contribution in [2.75, 3.05) is 26.2 Å². The number of aromatic nitrogens is 2. The van der Waals surface area contributed by atoms with E-state index in [2.05, 4.69) is 15.4 Å². The lowest BCUT2D eigenvalue weighted by Crippen LogP contribution is -2.51. The van der Waals surface area contributed by atoms with Gasteiger partial charge in [0.2, 0.25) is 5.91 Å². The topological polar surface area (TPSA) is 62.5 Å². The molecule has 1 N–H and O–H groups in total. The molecule has 1 aromatic heterocycles. The summed E-state index contributed by atoms with van der Waals surface area (Å²) in [5.74, 6) is 0.394. The van der Waals surface area contributed by atoms with Crippen LogP contribution in [-0.2, 0) is 4.79 Å². The van der Waals surface area contributed by atoms with E-state index < -0.39 is 5.92 Å². The number of amides is 1. The zero-order valence-corrected chi connectivity index (χ0v) is 15.8. The molecule has 3 heterocycles. The Morgan fingerprint density at radius 1 is 1.19 bits per heavy atom. The van der Waals surface area contributed by atoms with Gasteiger partial charge in [0.05, 0.1) is 22.3 Å². The number of fused-ring (bicyclic) bond motifs is 1. The lowest BCUT2D eigenvalue weighted by molar-refractivity contribution is -0.134. The van der Waals surface area contributed by atoms with Gasteiger partial charge in [-0.1, -0.05) is 29.3 Å². The minimum absolute atomic E-state index is 0.0740. The Hall–Kier alpha value is -1.89. The number of aliphatic imine (C=N–C) groups is 1. The number of halogens is 2. The second-order valence-corrected chi connectivity index (χ2v) is 7.37. The maximum absolute atomic E-state index is 13.3. The predicted molar refractivity (Wildman–Crippen MR) is 103 cm³/mol. The van der Waals surface area contributed by atoms with Gasteiger partial charge in [-0.15, -0.1) is 0 Å². The second-order valence-electron chi connectivity index (χ2n) is 6.56. The van der Waals surface area contributed by atoms with Crippen molar-refractivity contribution in [3.8, 4) is 0 Å². The molecule has 8 heteroatoms. The molecule has 1 fully saturated rings. The summed E-state index contributed by atoms with van der Waals surface area (Å²) in [5.41, 5.74) is 1.68. The van der Waals surface area contributed by atoms with Gasteiger partial charge in [-0.25, -0.2) is 9.67 Å². The molecule has 2 aliphatic rings. The van der Waals surface area contributed by atoms with Crippen LogP contribution in [0.5, 0.6) is 0 Å². The van der Waals surface area contributed by atoms with Crippen LogP contribution in [0, 0.1) is 5.92 Å². The van der Waals surface area contributed by atoms with E-state index in [0.717, 1.165) is 30.2 Å². The smallest absolute Gasteiger partial charge is 0.233 e. The summed E-state index contributed by atoms with van der Waals surface area (Å²) in [6.07, 6.45) is 1.70. The van der Waals surface area contributed by atoms with Crippen LogP contribution in [0.3, 0.4) is 0 Å². The van der Waals surface area contributed by atoms with E-state index in [1.165, 1.54) is 0 Å². The van der Waals surface area contributed by atoms with Gasteiger partial charge in [0.1, 0.15) is 5.92 Å². The largest absolute Gasteiger partial charge is 0.340 e. The maximum atomic E-state index is 13.3. The van der Waals surface area contributed by atoms with Crippen molar-refractivity contribution in [2.24, 2.45) is 10.9 Å². The quantitative estimate of drug-likeness (QED) is 0.855. The standard InChI is InChI=1S/C18H19Cl2N5O/c1-11-16(18(26)24-8-6-21-7-9-24)17(25-15(23-11)4-5-22-25)12-2-3-13(19)14(20)10-12/h2-5,10,16-17,21H,6-9H2,1H3. The van der Waals surface area contributed by atoms with Gasteiger partial charge < -0.3 is 10.2 Å². The zero-order chi connectivity index (χ0) is 18.3. The molecule has 2 aliphatic heterocycles. The zero-order valence-electron chi connectivity index (χ0n) is 14.3. The molecular weight excluding hydrogens is 373 g/mol. The van der Waals surface area contributed by atoms with Gasteiger partial charge in [0.15, 0.2) is 5.82 Å². The number of rotatable bonds is 2. The van der Waals surface area contributed by atoms with Crippen LogP contribution >= 0.6 is 23.2 Å². The van der Waals surface area contributed by atoms with E-state index in [9.17, 15) is 4.79 Å². The van der Waals surface area contributed by atoms with Gasteiger partial charge in [-0.2, -0.15) is 5.10 Å². The van der Waals surface area contributed by atoms with Crippen molar-refractivity contribution >= 4 is 40.6 Å². The molecule has 2 aromatic rings. The Bertz CT molecular complexity index is 872. The molecule has 0 radical (unpaired) electrons. The first-order chi connectivity index (χ1) is 12.6. The number of benzene rings is 1. The lowest BCUT2D eigenvalue weighted by Gasteiger charge is -2.36. The summed E-state index contributed by atoms with van der Waals surface area (Å²) in [6, 6.07) is 7.03. The maximum Gasteiger partial charge on any atom is 0.233 e. The van der Waals surface area contributed by atoms with Crippen LogP contribution in [0.2, 0.25) is 10.0 Å². The van der Waals surface area contributed by atoms with E-state index in [1.807, 2.05) is 30.0 Å². The van der Waals surface area contributed by atoms with Crippen LogP contribution in [0.1, 0.15) is 18.5 Å². The van der Waals surface area contributed by atoms with Gasteiger partial charge in [0.25, 0.3) is 0 Å². The average molecular weight is 392 g/mol. The summed E-state index contributed by atoms with van der Waals surface area (Å²) in [6.45, 7) is 4.91. The van der Waals surface area contributed by atoms with E-state index in [1.54, 1.807) is 16.9 Å². The number of nitrogens with zero attached hydrogens (tertiary/aromatic N) is 4. The monoisotopic (exact) mass is 391 g/mol. The molecule has 6 nitrogen and oxygen atoms in total. The molecule has 0 bridgehead atoms. The summed E-state index contributed by atoms with van der Waals surface area (Å²) < 4.78 is 1.80. The summed E-state index contributed by atoms with van der Waals surface area (Å²) in [4.78, 5) is 19.9. The minimum Gasteiger partial charge on any atom is -0.340 e. The predicted octanol–water partition coefficient (Wildman–Crippen LogP) is 2.93. The van der Waals surface area contributed by atoms with E-state index in [0.29, 0.717) is 23.1 Å². The van der Waals surface area contributed by atoms with Gasteiger partial charge >= 0.3 is 0 Å². The minimum atomic E-state index is -0.419. The number of nitrogens with one attached hydrogen (secondary N) is 1. The number of hydrogen-bond donors (Lipinski definition) is 1. The molecule has 136 valence electrons. The fourth-order valence-corrected chi connectivity index (χ4v) is 3.96. The van der Waals surface area contributed by atoms with E-state index in [4.69, 9.17) is 23.2 Å². The van der Waals surface area contributed by atoms with E-state index >= 15 is 0 Å². The highest BCUT2D eigenvalue weighted by Gasteiger charge is 2.40. The Balaban J connectivity index is 1.79. The molecule has 2 unspecified atom stereocenters. The average Bonchev–Trinajstić information content (AvgIpc) is 3.11. The SMILES string of the molecule is CC1=Nc2ccnn2C(c2ccc(Cl)c(Cl)c2)C1C(=O)N1CCNCC1. The van der Waals surface area contributed by atoms with Crippen LogP contribution in [0.15, 0.2) is 35.5 Å². The third kappa shape index (κ3) is 3.02. The number of hydrogen-bond acceptors (Lipinski definition) is 4. The van der Waals surface area contributed by atoms with Gasteiger partial charge in [-0.3, -0.25) is 4.79 Å². The Kier molecular flexibility index (Phi) is 4.73. The molecule has 2 atom stereocenters. The van der Waals surface area contributed by atoms with Crippen LogP contribution in [0.4, 0.5) is 5.82 Å². The highest BCUT2D eigenvalue weighted by molar-refractivity contribution is 6.42. The molecule has 1 amide bonds. The van der Waals surface area contributed by atoms with Crippen molar-refractivity contribution in [2.45, 2.75) is 13.0 Å². The molecule has 0 aliphatic carbocycles. The van der Waals surface area contributed by atoms with E-state index in [-0.39, 0.29) is 11.9 Å². The molecule has 1 aromatic carbocycles. The Morgan fingerprint density at radius 3 is 2.69 bits per heavy atom. The Morgan fingerprint density at radius 2 is 1.96 bits per heavy atom. The summed E-state index contributed by atoms with van der Waals surface area (Å²) >= 11 is 12.3. The summed E-state index contributed by atoms with van der Waals surface area (Å²) in [5, 5.41) is 8.66. The third-order valence-electron chi connectivity index (χ3n) is 4.95. The van der Waals surface area contributed by atoms with Crippen molar-refractivity contribution in [1.29, 1.82) is 0 Å². The fraction of sp³-hybridized carbons (Fsp3) is 0.389. The van der Waals surface area contributed by atoms with Crippen molar-refractivity contribution < 1.29 is 4.79 Å². The fourth-order valence-electron chi connectivity index (χ4n) is 3.66. The molecule has 26 heavy (non-hydrogen) atoms. The van der Waals surface area contributed by atoms with Crippen molar-refractivity contribution in [1.82, 2.24) is 20.0 Å². The third-order valence-corrected chi connectivity index (χ3v) is 5.69. The van der Waals surface area contributed by atoms with Crippen LogP contribution < -0.4 is 5.32 Å². The molecule has 0 saturated carbocycles. The van der Waals surface area contributed by atoms with Crippen LogP contribution in [-0.4, -0.2) is 52.5 Å². The first-order valence-electron chi connectivity index (χ1n) is 8.59. The van der Waals surface area contributed by atoms with Crippen LogP contribution in [0.25, 0.3) is 0 Å². The van der Waals surface area contributed by atoms with Crippen molar-refractivity contribution in [3.63, 3.8) is 0 Å². The highest BCUT2D eigenvalue weighted by Crippen LogP contribution is 2.38. The number of piperazine rings is 1. The number of carbonyl (C=O) groups excluding carboxylic acids is 1. The molecular formula is C18H19Cl2N5O. The first-order valence-corrected chi connectivity index (χ1v) is 9.35. The normalized spacial score (nSPS) is 22.7. The second kappa shape index (κ2) is 7.02. The molecule has 1 saturated heterocycles. The number of carbonyl (C=O) groups is 1. The molecule has 0 spiro atoms. The van der Waals surface area contributed by atoms with Gasteiger partial charge in [0, 0.05) is 38.0 Å². The highest BCUT2D eigenvalue weighted by atomic mass is 35.5. The molecule has 4 rings (SSSR count). The van der Waals surface area contributed by atoms with Gasteiger partial charge in [-0.05, 0) is 24.6 Å².